The quantitative estimate of drug-likeness (QED) is 0.802. The number of benzene rings is 1. The molecule has 1 atom stereocenters. The smallest absolute Gasteiger partial charge is 0.289 e. The summed E-state index contributed by atoms with van der Waals surface area (Å²) in [6.45, 7) is 3.90. The normalized spacial score (nSPS) is 13.0. The Labute approximate surface area is 122 Å². The number of allylic oxidation sites excluding steroid dienone is 1. The number of nitrogens with one attached hydrogen (secondary N) is 1. The summed E-state index contributed by atoms with van der Waals surface area (Å²) in [5.41, 5.74) is 2.68. The van der Waals surface area contributed by atoms with Gasteiger partial charge in [0.05, 0.1) is 17.9 Å². The van der Waals surface area contributed by atoms with Gasteiger partial charge in [0.2, 0.25) is 0 Å². The fraction of sp³-hybridized carbons (Fsp3) is 0.188. The molecule has 3 rings (SSSR count). The van der Waals surface area contributed by atoms with Crippen molar-refractivity contribution in [3.8, 4) is 0 Å². The number of hydrogen-bond acceptors (Lipinski definition) is 3. The molecule has 0 radical (unpaired) electrons. The summed E-state index contributed by atoms with van der Waals surface area (Å²) in [5, 5.41) is 0. The molecule has 0 saturated carbocycles. The van der Waals surface area contributed by atoms with Gasteiger partial charge in [-0.2, -0.15) is 0 Å². The zero-order valence-corrected chi connectivity index (χ0v) is 11.9. The minimum atomic E-state index is -0.195. The highest BCUT2D eigenvalue weighted by molar-refractivity contribution is 5.67. The van der Waals surface area contributed by atoms with Crippen LogP contribution < -0.4 is 5.69 Å². The first kappa shape index (κ1) is 13.3. The number of H-pyrrole nitrogens is 1. The summed E-state index contributed by atoms with van der Waals surface area (Å²) >= 11 is 0. The molecule has 5 nitrogen and oxygen atoms in total. The summed E-state index contributed by atoms with van der Waals surface area (Å²) in [4.78, 5) is 23.8. The van der Waals surface area contributed by atoms with E-state index in [1.807, 2.05) is 56.3 Å². The van der Waals surface area contributed by atoms with Crippen LogP contribution in [0.15, 0.2) is 47.4 Å². The average Bonchev–Trinajstić information content (AvgIpc) is 2.83. The Bertz CT molecular complexity index is 846. The van der Waals surface area contributed by atoms with Crippen LogP contribution in [0.5, 0.6) is 0 Å². The molecular formula is C16H16N4O. The predicted octanol–water partition coefficient (Wildman–Crippen LogP) is 2.76. The van der Waals surface area contributed by atoms with Crippen molar-refractivity contribution in [1.29, 1.82) is 0 Å². The third kappa shape index (κ3) is 2.38. The summed E-state index contributed by atoms with van der Waals surface area (Å²) < 4.78 is 1.64. The lowest BCUT2D eigenvalue weighted by Crippen LogP contribution is -2.21. The minimum absolute atomic E-state index is 0.109. The molecule has 106 valence electrons. The number of rotatable bonds is 3. The topological polar surface area (TPSA) is 63.6 Å². The average molecular weight is 280 g/mol. The number of hydrogen-bond donors (Lipinski definition) is 1. The molecule has 21 heavy (non-hydrogen) atoms. The van der Waals surface area contributed by atoms with Gasteiger partial charge in [-0.3, -0.25) is 9.55 Å². The number of imidazole rings is 1. The van der Waals surface area contributed by atoms with E-state index in [0.29, 0.717) is 11.3 Å². The molecule has 0 fully saturated rings. The van der Waals surface area contributed by atoms with Crippen molar-refractivity contribution in [2.24, 2.45) is 0 Å². The lowest BCUT2D eigenvalue weighted by molar-refractivity contribution is 0.630. The Morgan fingerprint density at radius 2 is 2.05 bits per heavy atom. The Kier molecular flexibility index (Phi) is 3.39. The first-order valence-electron chi connectivity index (χ1n) is 6.85. The van der Waals surface area contributed by atoms with Gasteiger partial charge < -0.3 is 0 Å². The van der Waals surface area contributed by atoms with Gasteiger partial charge in [-0.15, -0.1) is 0 Å². The molecule has 0 aliphatic heterocycles. The lowest BCUT2D eigenvalue weighted by Gasteiger charge is -2.13. The highest BCUT2D eigenvalue weighted by Crippen LogP contribution is 2.19. The number of aromatic amines is 1. The van der Waals surface area contributed by atoms with Crippen LogP contribution in [0, 0.1) is 0 Å². The second kappa shape index (κ2) is 5.36. The van der Waals surface area contributed by atoms with Crippen LogP contribution in [0.4, 0.5) is 0 Å². The predicted molar refractivity (Wildman–Crippen MR) is 83.1 cm³/mol. The first-order chi connectivity index (χ1) is 10.2. The highest BCUT2D eigenvalue weighted by Gasteiger charge is 2.16. The third-order valence-electron chi connectivity index (χ3n) is 3.45. The number of nitrogens with zero attached hydrogens (tertiary/aromatic N) is 3. The Balaban J connectivity index is 2.19. The van der Waals surface area contributed by atoms with E-state index in [-0.39, 0.29) is 11.7 Å². The summed E-state index contributed by atoms with van der Waals surface area (Å²) in [6.07, 6.45) is 5.41. The molecule has 2 heterocycles. The summed E-state index contributed by atoms with van der Waals surface area (Å²) in [7, 11) is 0. The van der Waals surface area contributed by atoms with Crippen molar-refractivity contribution in [2.75, 3.05) is 0 Å². The Hall–Kier alpha value is -2.69. The zero-order valence-electron chi connectivity index (χ0n) is 11.9. The first-order valence-corrected chi connectivity index (χ1v) is 6.85. The monoisotopic (exact) mass is 280 g/mol. The van der Waals surface area contributed by atoms with Gasteiger partial charge in [0.15, 0.2) is 11.3 Å². The Morgan fingerprint density at radius 1 is 1.29 bits per heavy atom. The molecule has 0 saturated heterocycles. The molecule has 0 unspecified atom stereocenters. The van der Waals surface area contributed by atoms with Crippen molar-refractivity contribution >= 4 is 17.4 Å². The standard InChI is InChI=1S/C16H16N4O/c1-3-7-13-10-17-14-15(18-13)20(16(21)19-14)11(2)12-8-5-4-6-9-12/h3-11H,1-2H3,(H,17,19,21)/t11-/m0/s1. The van der Waals surface area contributed by atoms with Gasteiger partial charge in [0.1, 0.15) is 0 Å². The number of fused-ring (bicyclic) bond motifs is 1. The van der Waals surface area contributed by atoms with E-state index in [0.717, 1.165) is 11.3 Å². The van der Waals surface area contributed by atoms with Crippen LogP contribution in [0.3, 0.4) is 0 Å². The lowest BCUT2D eigenvalue weighted by atomic mass is 10.1. The van der Waals surface area contributed by atoms with Crippen molar-refractivity contribution in [3.05, 3.63) is 64.3 Å². The van der Waals surface area contributed by atoms with Crippen LogP contribution in [-0.4, -0.2) is 19.5 Å². The van der Waals surface area contributed by atoms with Gasteiger partial charge in [0.25, 0.3) is 0 Å². The van der Waals surface area contributed by atoms with Gasteiger partial charge in [-0.1, -0.05) is 36.4 Å². The second-order valence-corrected chi connectivity index (χ2v) is 4.85. The van der Waals surface area contributed by atoms with E-state index >= 15 is 0 Å². The maximum atomic E-state index is 12.2. The Morgan fingerprint density at radius 3 is 2.76 bits per heavy atom. The molecule has 2 aromatic heterocycles. The zero-order chi connectivity index (χ0) is 14.8. The molecule has 0 spiro atoms. The molecule has 5 heteroatoms. The second-order valence-electron chi connectivity index (χ2n) is 4.85. The largest absolute Gasteiger partial charge is 0.329 e. The molecule has 0 amide bonds. The van der Waals surface area contributed by atoms with E-state index in [9.17, 15) is 4.79 Å². The molecule has 0 aliphatic rings. The van der Waals surface area contributed by atoms with Gasteiger partial charge in [0, 0.05) is 0 Å². The summed E-state index contributed by atoms with van der Waals surface area (Å²) in [6, 6.07) is 9.77. The molecule has 0 aliphatic carbocycles. The molecule has 1 aromatic carbocycles. The van der Waals surface area contributed by atoms with Gasteiger partial charge in [-0.25, -0.2) is 14.8 Å². The summed E-state index contributed by atoms with van der Waals surface area (Å²) in [5.74, 6) is 0. The van der Waals surface area contributed by atoms with E-state index in [1.54, 1.807) is 10.8 Å². The van der Waals surface area contributed by atoms with Crippen molar-refractivity contribution < 1.29 is 0 Å². The third-order valence-corrected chi connectivity index (χ3v) is 3.45. The van der Waals surface area contributed by atoms with Crippen molar-refractivity contribution in [1.82, 2.24) is 19.5 Å². The number of aromatic nitrogens is 4. The van der Waals surface area contributed by atoms with Crippen LogP contribution >= 0.6 is 0 Å². The fourth-order valence-corrected chi connectivity index (χ4v) is 2.40. The maximum Gasteiger partial charge on any atom is 0.329 e. The van der Waals surface area contributed by atoms with Crippen molar-refractivity contribution in [3.63, 3.8) is 0 Å². The van der Waals surface area contributed by atoms with Crippen LogP contribution in [0.1, 0.15) is 31.1 Å². The molecule has 0 bridgehead atoms. The van der Waals surface area contributed by atoms with Crippen LogP contribution in [0.25, 0.3) is 17.4 Å². The maximum absolute atomic E-state index is 12.2. The van der Waals surface area contributed by atoms with Crippen LogP contribution in [-0.2, 0) is 0 Å². The molecule has 1 N–H and O–H groups in total. The van der Waals surface area contributed by atoms with E-state index < -0.39 is 0 Å². The SMILES string of the molecule is CC=Cc1cnc2[nH]c(=O)n([C@@H](C)c3ccccc3)c2n1. The van der Waals surface area contributed by atoms with E-state index in [4.69, 9.17) is 0 Å². The molecule has 3 aromatic rings. The van der Waals surface area contributed by atoms with E-state index in [2.05, 4.69) is 15.0 Å². The van der Waals surface area contributed by atoms with Crippen LogP contribution in [0.2, 0.25) is 0 Å². The fourth-order valence-electron chi connectivity index (χ4n) is 2.40. The van der Waals surface area contributed by atoms with Gasteiger partial charge >= 0.3 is 5.69 Å². The van der Waals surface area contributed by atoms with E-state index in [1.165, 1.54) is 0 Å². The van der Waals surface area contributed by atoms with Gasteiger partial charge in [-0.05, 0) is 25.5 Å². The minimum Gasteiger partial charge on any atom is -0.289 e. The van der Waals surface area contributed by atoms with Crippen molar-refractivity contribution in [2.45, 2.75) is 19.9 Å². The molecular weight excluding hydrogens is 264 g/mol. The highest BCUT2D eigenvalue weighted by atomic mass is 16.1.